The van der Waals surface area contributed by atoms with Gasteiger partial charge in [0.05, 0.1) is 0 Å². The first-order valence-corrected chi connectivity index (χ1v) is 7.58. The lowest BCUT2D eigenvalue weighted by Crippen LogP contribution is -2.16. The summed E-state index contributed by atoms with van der Waals surface area (Å²) in [6.07, 6.45) is 0.316. The molecule has 0 aliphatic rings. The second-order valence-electron chi connectivity index (χ2n) is 5.00. The molecule has 0 saturated carbocycles. The molecule has 2 aromatic rings. The van der Waals surface area contributed by atoms with Gasteiger partial charge in [-0.2, -0.15) is 0 Å². The standard InChI is InChI=1S/C17H18ClN3O2/c1-12(22)20-15-6-3-7-16(11-15)21-17(23)8-9-19-14-5-2-4-13(18)10-14/h2-7,10-11,19H,8-9H2,1H3,(H,20,22)(H,21,23). The molecule has 0 spiro atoms. The quantitative estimate of drug-likeness (QED) is 0.755. The number of benzene rings is 2. The number of rotatable bonds is 6. The third kappa shape index (κ3) is 6.00. The maximum Gasteiger partial charge on any atom is 0.226 e. The highest BCUT2D eigenvalue weighted by atomic mass is 35.5. The molecule has 0 aliphatic heterocycles. The normalized spacial score (nSPS) is 10.0. The van der Waals surface area contributed by atoms with Gasteiger partial charge in [0, 0.05) is 42.0 Å². The monoisotopic (exact) mass is 331 g/mol. The number of anilines is 3. The third-order valence-corrected chi connectivity index (χ3v) is 3.21. The summed E-state index contributed by atoms with van der Waals surface area (Å²) >= 11 is 5.90. The molecule has 0 radical (unpaired) electrons. The Morgan fingerprint density at radius 1 is 0.957 bits per heavy atom. The summed E-state index contributed by atoms with van der Waals surface area (Å²) in [5.74, 6) is -0.265. The van der Waals surface area contributed by atoms with E-state index in [1.807, 2.05) is 12.1 Å². The van der Waals surface area contributed by atoms with Crippen LogP contribution in [0.2, 0.25) is 5.02 Å². The Hall–Kier alpha value is -2.53. The van der Waals surface area contributed by atoms with Crippen LogP contribution in [0.15, 0.2) is 48.5 Å². The molecule has 120 valence electrons. The highest BCUT2D eigenvalue weighted by molar-refractivity contribution is 6.30. The average molecular weight is 332 g/mol. The summed E-state index contributed by atoms with van der Waals surface area (Å²) in [7, 11) is 0. The maximum atomic E-state index is 11.9. The minimum absolute atomic E-state index is 0.112. The Labute approximate surface area is 140 Å². The first kappa shape index (κ1) is 16.8. The van der Waals surface area contributed by atoms with Crippen LogP contribution < -0.4 is 16.0 Å². The van der Waals surface area contributed by atoms with Crippen LogP contribution in [-0.2, 0) is 9.59 Å². The highest BCUT2D eigenvalue weighted by Gasteiger charge is 2.04. The van der Waals surface area contributed by atoms with Crippen molar-refractivity contribution in [3.05, 3.63) is 53.6 Å². The number of carbonyl (C=O) groups excluding carboxylic acids is 2. The van der Waals surface area contributed by atoms with E-state index in [9.17, 15) is 9.59 Å². The number of nitrogens with one attached hydrogen (secondary N) is 3. The average Bonchev–Trinajstić information content (AvgIpc) is 2.47. The van der Waals surface area contributed by atoms with Gasteiger partial charge in [-0.1, -0.05) is 23.7 Å². The van der Waals surface area contributed by atoms with Crippen molar-refractivity contribution in [1.29, 1.82) is 0 Å². The Kier molecular flexibility index (Phi) is 6.00. The lowest BCUT2D eigenvalue weighted by atomic mass is 10.2. The molecular formula is C17H18ClN3O2. The van der Waals surface area contributed by atoms with Crippen LogP contribution in [0.3, 0.4) is 0 Å². The summed E-state index contributed by atoms with van der Waals surface area (Å²) in [6, 6.07) is 14.3. The minimum Gasteiger partial charge on any atom is -0.384 e. The van der Waals surface area contributed by atoms with Crippen molar-refractivity contribution in [2.75, 3.05) is 22.5 Å². The zero-order chi connectivity index (χ0) is 16.7. The predicted molar refractivity (Wildman–Crippen MR) is 93.9 cm³/mol. The lowest BCUT2D eigenvalue weighted by Gasteiger charge is -2.09. The number of hydrogen-bond donors (Lipinski definition) is 3. The molecule has 0 heterocycles. The molecule has 2 rings (SSSR count). The fourth-order valence-electron chi connectivity index (χ4n) is 2.02. The zero-order valence-electron chi connectivity index (χ0n) is 12.7. The van der Waals surface area contributed by atoms with Crippen molar-refractivity contribution in [3.63, 3.8) is 0 Å². The number of hydrogen-bond acceptors (Lipinski definition) is 3. The van der Waals surface area contributed by atoms with Crippen LogP contribution in [0.1, 0.15) is 13.3 Å². The van der Waals surface area contributed by atoms with E-state index in [1.54, 1.807) is 36.4 Å². The topological polar surface area (TPSA) is 70.2 Å². The highest BCUT2D eigenvalue weighted by Crippen LogP contribution is 2.16. The first-order valence-electron chi connectivity index (χ1n) is 7.20. The van der Waals surface area contributed by atoms with E-state index in [4.69, 9.17) is 11.6 Å². The summed E-state index contributed by atoms with van der Waals surface area (Å²) in [5.41, 5.74) is 2.16. The molecule has 0 fully saturated rings. The van der Waals surface area contributed by atoms with E-state index in [0.717, 1.165) is 5.69 Å². The molecule has 0 saturated heterocycles. The van der Waals surface area contributed by atoms with E-state index in [-0.39, 0.29) is 11.8 Å². The van der Waals surface area contributed by atoms with Crippen molar-refractivity contribution >= 4 is 40.5 Å². The van der Waals surface area contributed by atoms with Crippen LogP contribution in [0.5, 0.6) is 0 Å². The summed E-state index contributed by atoms with van der Waals surface area (Å²) in [6.45, 7) is 1.93. The molecule has 2 aromatic carbocycles. The molecule has 0 atom stereocenters. The van der Waals surface area contributed by atoms with Gasteiger partial charge in [-0.05, 0) is 36.4 Å². The molecule has 3 N–H and O–H groups in total. The molecule has 0 aliphatic carbocycles. The summed E-state index contributed by atoms with van der Waals surface area (Å²) in [4.78, 5) is 23.0. The van der Waals surface area contributed by atoms with Crippen molar-refractivity contribution in [3.8, 4) is 0 Å². The predicted octanol–water partition coefficient (Wildman–Crippen LogP) is 3.74. The van der Waals surface area contributed by atoms with Crippen molar-refractivity contribution < 1.29 is 9.59 Å². The van der Waals surface area contributed by atoms with Crippen LogP contribution in [0.25, 0.3) is 0 Å². The van der Waals surface area contributed by atoms with E-state index in [2.05, 4.69) is 16.0 Å². The second-order valence-corrected chi connectivity index (χ2v) is 5.43. The van der Waals surface area contributed by atoms with Gasteiger partial charge < -0.3 is 16.0 Å². The summed E-state index contributed by atoms with van der Waals surface area (Å²) in [5, 5.41) is 9.26. The van der Waals surface area contributed by atoms with Crippen LogP contribution in [0, 0.1) is 0 Å². The SMILES string of the molecule is CC(=O)Nc1cccc(NC(=O)CCNc2cccc(Cl)c2)c1. The Morgan fingerprint density at radius 3 is 2.30 bits per heavy atom. The van der Waals surface area contributed by atoms with E-state index >= 15 is 0 Å². The Bertz CT molecular complexity index is 704. The molecule has 0 bridgehead atoms. The summed E-state index contributed by atoms with van der Waals surface area (Å²) < 4.78 is 0. The molecule has 5 nitrogen and oxygen atoms in total. The zero-order valence-corrected chi connectivity index (χ0v) is 13.5. The largest absolute Gasteiger partial charge is 0.384 e. The number of carbonyl (C=O) groups is 2. The molecule has 23 heavy (non-hydrogen) atoms. The number of halogens is 1. The lowest BCUT2D eigenvalue weighted by molar-refractivity contribution is -0.116. The van der Waals surface area contributed by atoms with E-state index in [0.29, 0.717) is 29.4 Å². The van der Waals surface area contributed by atoms with Gasteiger partial charge in [0.2, 0.25) is 11.8 Å². The molecule has 0 unspecified atom stereocenters. The molecule has 6 heteroatoms. The van der Waals surface area contributed by atoms with E-state index < -0.39 is 0 Å². The smallest absolute Gasteiger partial charge is 0.226 e. The molecule has 0 aromatic heterocycles. The fourth-order valence-corrected chi connectivity index (χ4v) is 2.21. The Balaban J connectivity index is 1.81. The number of amides is 2. The van der Waals surface area contributed by atoms with Gasteiger partial charge in [-0.25, -0.2) is 0 Å². The fraction of sp³-hybridized carbons (Fsp3) is 0.176. The van der Waals surface area contributed by atoms with Gasteiger partial charge >= 0.3 is 0 Å². The van der Waals surface area contributed by atoms with Crippen LogP contribution in [0.4, 0.5) is 17.1 Å². The Morgan fingerprint density at radius 2 is 1.61 bits per heavy atom. The van der Waals surface area contributed by atoms with E-state index in [1.165, 1.54) is 6.92 Å². The van der Waals surface area contributed by atoms with Crippen molar-refractivity contribution in [2.45, 2.75) is 13.3 Å². The van der Waals surface area contributed by atoms with Crippen LogP contribution in [-0.4, -0.2) is 18.4 Å². The van der Waals surface area contributed by atoms with Gasteiger partial charge in [-0.3, -0.25) is 9.59 Å². The van der Waals surface area contributed by atoms with Gasteiger partial charge in [0.15, 0.2) is 0 Å². The second kappa shape index (κ2) is 8.19. The van der Waals surface area contributed by atoms with Crippen molar-refractivity contribution in [2.24, 2.45) is 0 Å². The van der Waals surface area contributed by atoms with Crippen LogP contribution >= 0.6 is 11.6 Å². The first-order chi connectivity index (χ1) is 11.0. The third-order valence-electron chi connectivity index (χ3n) is 2.97. The van der Waals surface area contributed by atoms with Gasteiger partial charge in [-0.15, -0.1) is 0 Å². The van der Waals surface area contributed by atoms with Gasteiger partial charge in [0.1, 0.15) is 0 Å². The van der Waals surface area contributed by atoms with Gasteiger partial charge in [0.25, 0.3) is 0 Å². The molecule has 2 amide bonds. The molecular weight excluding hydrogens is 314 g/mol. The van der Waals surface area contributed by atoms with Crippen molar-refractivity contribution in [1.82, 2.24) is 0 Å². The minimum atomic E-state index is -0.154. The maximum absolute atomic E-state index is 11.9.